The van der Waals surface area contributed by atoms with E-state index in [1.807, 2.05) is 49.4 Å². The maximum Gasteiger partial charge on any atom is 0.272 e. The van der Waals surface area contributed by atoms with Gasteiger partial charge in [-0.15, -0.1) is 0 Å². The predicted molar refractivity (Wildman–Crippen MR) is 133 cm³/mol. The first kappa shape index (κ1) is 23.5. The molecule has 3 rings (SSSR count). The van der Waals surface area contributed by atoms with E-state index >= 15 is 0 Å². The molecule has 3 aromatic carbocycles. The van der Waals surface area contributed by atoms with Gasteiger partial charge in [0.15, 0.2) is 11.5 Å². The molecule has 160 valence electrons. The Morgan fingerprint density at radius 3 is 2.45 bits per heavy atom. The summed E-state index contributed by atoms with van der Waals surface area (Å²) in [6.07, 6.45) is 1.56. The summed E-state index contributed by atoms with van der Waals surface area (Å²) in [5.74, 6) is 0.897. The van der Waals surface area contributed by atoms with E-state index in [0.717, 1.165) is 20.1 Å². The van der Waals surface area contributed by atoms with Gasteiger partial charge >= 0.3 is 0 Å². The summed E-state index contributed by atoms with van der Waals surface area (Å²) in [5.41, 5.74) is 4.83. The second kappa shape index (κ2) is 11.5. The van der Waals surface area contributed by atoms with Crippen LogP contribution in [0.5, 0.6) is 11.5 Å². The van der Waals surface area contributed by atoms with Crippen LogP contribution < -0.4 is 14.9 Å². The van der Waals surface area contributed by atoms with Crippen molar-refractivity contribution in [2.24, 2.45) is 5.10 Å². The Morgan fingerprint density at radius 1 is 1.00 bits per heavy atom. The Hall–Kier alpha value is -2.16. The fourth-order valence-corrected chi connectivity index (χ4v) is 3.98. The lowest BCUT2D eigenvalue weighted by Gasteiger charge is -2.14. The van der Waals surface area contributed by atoms with E-state index in [9.17, 15) is 4.79 Å². The fraction of sp³-hybridized carbons (Fsp3) is 0.130. The quantitative estimate of drug-likeness (QED) is 0.228. The van der Waals surface area contributed by atoms with Crippen molar-refractivity contribution >= 4 is 59.9 Å². The molecular formula is C23H19Br3N2O3. The highest BCUT2D eigenvalue weighted by atomic mass is 79.9. The third-order valence-electron chi connectivity index (χ3n) is 4.13. The summed E-state index contributed by atoms with van der Waals surface area (Å²) in [6, 6.07) is 18.8. The first-order chi connectivity index (χ1) is 15.0. The van der Waals surface area contributed by atoms with Gasteiger partial charge in [0, 0.05) is 8.95 Å². The molecule has 3 aromatic rings. The van der Waals surface area contributed by atoms with Crippen LogP contribution in [-0.2, 0) is 6.61 Å². The van der Waals surface area contributed by atoms with E-state index in [2.05, 4.69) is 58.3 Å². The van der Waals surface area contributed by atoms with Gasteiger partial charge in [0.1, 0.15) is 6.61 Å². The number of benzene rings is 3. The number of carbonyl (C=O) groups is 1. The number of ether oxygens (including phenoxy) is 2. The van der Waals surface area contributed by atoms with Gasteiger partial charge in [-0.25, -0.2) is 5.43 Å². The lowest BCUT2D eigenvalue weighted by Crippen LogP contribution is -2.18. The number of carbonyl (C=O) groups excluding carboxylic acids is 1. The molecule has 0 atom stereocenters. The maximum absolute atomic E-state index is 12.3. The van der Waals surface area contributed by atoms with Crippen molar-refractivity contribution in [3.05, 3.63) is 90.8 Å². The van der Waals surface area contributed by atoms with E-state index in [1.54, 1.807) is 24.4 Å². The molecule has 31 heavy (non-hydrogen) atoms. The van der Waals surface area contributed by atoms with E-state index in [1.165, 1.54) is 0 Å². The van der Waals surface area contributed by atoms with Crippen LogP contribution >= 0.6 is 47.8 Å². The van der Waals surface area contributed by atoms with Crippen molar-refractivity contribution in [3.63, 3.8) is 0 Å². The van der Waals surface area contributed by atoms with Gasteiger partial charge in [-0.05, 0) is 86.3 Å². The van der Waals surface area contributed by atoms with Crippen LogP contribution in [0.1, 0.15) is 28.4 Å². The van der Waals surface area contributed by atoms with Crippen molar-refractivity contribution in [2.75, 3.05) is 6.61 Å². The molecule has 0 fully saturated rings. The summed E-state index contributed by atoms with van der Waals surface area (Å²) in [5, 5.41) is 4.07. The van der Waals surface area contributed by atoms with Crippen LogP contribution in [0.4, 0.5) is 0 Å². The number of nitrogens with one attached hydrogen (secondary N) is 1. The molecule has 0 saturated heterocycles. The van der Waals surface area contributed by atoms with Gasteiger partial charge in [0.25, 0.3) is 5.91 Å². The molecule has 0 heterocycles. The standard InChI is InChI=1S/C23H19Br3N2O3/c1-2-30-21-12-16(13-27-28-23(29)18-5-3-4-6-19(18)25)11-20(26)22(21)31-14-15-7-9-17(24)10-8-15/h3-13H,2,14H2,1H3,(H,28,29)/b27-13-. The molecule has 0 radical (unpaired) electrons. The molecule has 1 N–H and O–H groups in total. The molecule has 1 amide bonds. The lowest BCUT2D eigenvalue weighted by molar-refractivity contribution is 0.0954. The topological polar surface area (TPSA) is 59.9 Å². The fourth-order valence-electron chi connectivity index (χ4n) is 2.67. The van der Waals surface area contributed by atoms with Crippen LogP contribution in [0.25, 0.3) is 0 Å². The van der Waals surface area contributed by atoms with Crippen molar-refractivity contribution in [3.8, 4) is 11.5 Å². The largest absolute Gasteiger partial charge is 0.490 e. The number of nitrogens with zero attached hydrogens (tertiary/aromatic N) is 1. The number of rotatable bonds is 8. The summed E-state index contributed by atoms with van der Waals surface area (Å²) in [4.78, 5) is 12.3. The van der Waals surface area contributed by atoms with Gasteiger partial charge in [0.2, 0.25) is 0 Å². The SMILES string of the molecule is CCOc1cc(/C=N\NC(=O)c2ccccc2Br)cc(Br)c1OCc1ccc(Br)cc1. The molecule has 0 unspecified atom stereocenters. The Balaban J connectivity index is 1.73. The zero-order valence-corrected chi connectivity index (χ0v) is 21.3. The summed E-state index contributed by atoms with van der Waals surface area (Å²) in [6.45, 7) is 2.80. The number of hydrogen-bond acceptors (Lipinski definition) is 4. The summed E-state index contributed by atoms with van der Waals surface area (Å²) in [7, 11) is 0. The summed E-state index contributed by atoms with van der Waals surface area (Å²) < 4.78 is 14.2. The van der Waals surface area contributed by atoms with E-state index in [0.29, 0.717) is 34.7 Å². The molecule has 0 aliphatic heterocycles. The van der Waals surface area contributed by atoms with Crippen LogP contribution in [-0.4, -0.2) is 18.7 Å². The first-order valence-electron chi connectivity index (χ1n) is 9.39. The van der Waals surface area contributed by atoms with Gasteiger partial charge < -0.3 is 9.47 Å². The minimum Gasteiger partial charge on any atom is -0.490 e. The molecule has 5 nitrogen and oxygen atoms in total. The van der Waals surface area contributed by atoms with Crippen LogP contribution in [0.2, 0.25) is 0 Å². The van der Waals surface area contributed by atoms with Gasteiger partial charge in [-0.1, -0.05) is 40.2 Å². The molecule has 0 saturated carbocycles. The number of halogens is 3. The van der Waals surface area contributed by atoms with E-state index in [-0.39, 0.29) is 5.91 Å². The molecule has 8 heteroatoms. The predicted octanol–water partition coefficient (Wildman–Crippen LogP) is 6.72. The highest BCUT2D eigenvalue weighted by molar-refractivity contribution is 9.11. The molecule has 0 aromatic heterocycles. The van der Waals surface area contributed by atoms with Crippen molar-refractivity contribution in [1.82, 2.24) is 5.43 Å². The van der Waals surface area contributed by atoms with E-state index in [4.69, 9.17) is 9.47 Å². The second-order valence-electron chi connectivity index (χ2n) is 6.36. The van der Waals surface area contributed by atoms with E-state index < -0.39 is 0 Å². The average Bonchev–Trinajstić information content (AvgIpc) is 2.75. The second-order valence-corrected chi connectivity index (χ2v) is 8.98. The van der Waals surface area contributed by atoms with Crippen molar-refractivity contribution in [2.45, 2.75) is 13.5 Å². The van der Waals surface area contributed by atoms with Crippen molar-refractivity contribution < 1.29 is 14.3 Å². The normalized spacial score (nSPS) is 10.8. The Bertz CT molecular complexity index is 1090. The Kier molecular flexibility index (Phi) is 8.69. The van der Waals surface area contributed by atoms with Crippen LogP contribution in [0.3, 0.4) is 0 Å². The lowest BCUT2D eigenvalue weighted by atomic mass is 10.2. The number of hydrazone groups is 1. The van der Waals surface area contributed by atoms with Crippen LogP contribution in [0, 0.1) is 0 Å². The van der Waals surface area contributed by atoms with Gasteiger partial charge in [-0.3, -0.25) is 4.79 Å². The van der Waals surface area contributed by atoms with Crippen LogP contribution in [0.15, 0.2) is 79.2 Å². The highest BCUT2D eigenvalue weighted by Crippen LogP contribution is 2.37. The highest BCUT2D eigenvalue weighted by Gasteiger charge is 2.13. The average molecular weight is 611 g/mol. The first-order valence-corrected chi connectivity index (χ1v) is 11.8. The van der Waals surface area contributed by atoms with Gasteiger partial charge in [0.05, 0.1) is 22.9 Å². The van der Waals surface area contributed by atoms with Gasteiger partial charge in [-0.2, -0.15) is 5.10 Å². The van der Waals surface area contributed by atoms with Crippen molar-refractivity contribution in [1.29, 1.82) is 0 Å². The Labute approximate surface area is 206 Å². The molecule has 0 aliphatic rings. The maximum atomic E-state index is 12.3. The molecule has 0 bridgehead atoms. The third kappa shape index (κ3) is 6.66. The third-order valence-corrected chi connectivity index (χ3v) is 5.94. The smallest absolute Gasteiger partial charge is 0.272 e. The minimum atomic E-state index is -0.303. The molecule has 0 spiro atoms. The number of amides is 1. The zero-order chi connectivity index (χ0) is 22.2. The zero-order valence-electron chi connectivity index (χ0n) is 16.6. The molecule has 0 aliphatic carbocycles. The molecular weight excluding hydrogens is 592 g/mol. The Morgan fingerprint density at radius 2 is 1.74 bits per heavy atom. The summed E-state index contributed by atoms with van der Waals surface area (Å²) >= 11 is 10.3. The number of hydrogen-bond donors (Lipinski definition) is 1. The minimum absolute atomic E-state index is 0.303. The monoisotopic (exact) mass is 608 g/mol.